The second-order valence-electron chi connectivity index (χ2n) is 2.36. The highest BCUT2D eigenvalue weighted by Gasteiger charge is 2.14. The number of Topliss-reactive ketones (excluding diaryl/α,β-unsaturated/α-hetero) is 1. The number of carbonyl (C=O) groups excluding carboxylic acids is 2. The van der Waals surface area contributed by atoms with Gasteiger partial charge < -0.3 is 4.79 Å². The van der Waals surface area contributed by atoms with Crippen LogP contribution in [0.2, 0.25) is 0 Å². The van der Waals surface area contributed by atoms with E-state index in [-0.39, 0.29) is 5.78 Å². The minimum absolute atomic E-state index is 0.173. The van der Waals surface area contributed by atoms with Gasteiger partial charge in [-0.3, -0.25) is 4.79 Å². The van der Waals surface area contributed by atoms with Crippen LogP contribution in [0.3, 0.4) is 0 Å². The molecule has 0 bridgehead atoms. The molecule has 0 aliphatic carbocycles. The van der Waals surface area contributed by atoms with Crippen LogP contribution in [0.4, 0.5) is 0 Å². The third-order valence-electron chi connectivity index (χ3n) is 1.24. The molecule has 3 heteroatoms. The van der Waals surface area contributed by atoms with E-state index in [0.717, 1.165) is 6.29 Å². The molecule has 0 heterocycles. The number of rotatable bonds is 5. The highest BCUT2D eigenvalue weighted by molar-refractivity contribution is 6.33. The van der Waals surface area contributed by atoms with E-state index in [1.54, 1.807) is 6.92 Å². The minimum atomic E-state index is -0.585. The molecule has 0 saturated carbocycles. The predicted octanol–water partition coefficient (Wildman–Crippen LogP) is 1.72. The minimum Gasteiger partial charge on any atom is -0.303 e. The summed E-state index contributed by atoms with van der Waals surface area (Å²) in [7, 11) is 0. The first kappa shape index (κ1) is 10.4. The normalized spacial score (nSPS) is 12.2. The number of hydrogen-bond acceptors (Lipinski definition) is 2. The monoisotopic (exact) mass is 174 g/mol. The zero-order valence-corrected chi connectivity index (χ0v) is 7.23. The summed E-state index contributed by atoms with van der Waals surface area (Å²) in [5.41, 5.74) is 0.441. The number of allylic oxidation sites excluding steroid dienone is 1. The summed E-state index contributed by atoms with van der Waals surface area (Å²) in [6, 6.07) is 0. The number of ketones is 1. The zero-order chi connectivity index (χ0) is 8.85. The van der Waals surface area contributed by atoms with Crippen molar-refractivity contribution in [3.63, 3.8) is 0 Å². The molecule has 1 atom stereocenters. The van der Waals surface area contributed by atoms with Gasteiger partial charge in [0.2, 0.25) is 0 Å². The van der Waals surface area contributed by atoms with Crippen LogP contribution in [0, 0.1) is 0 Å². The van der Waals surface area contributed by atoms with E-state index < -0.39 is 5.38 Å². The van der Waals surface area contributed by atoms with Gasteiger partial charge in [0.25, 0.3) is 0 Å². The molecule has 0 saturated heterocycles. The fourth-order valence-electron chi connectivity index (χ4n) is 0.613. The fraction of sp³-hybridized carbons (Fsp3) is 0.500. The third kappa shape index (κ3) is 3.94. The van der Waals surface area contributed by atoms with E-state index in [9.17, 15) is 9.59 Å². The van der Waals surface area contributed by atoms with Crippen LogP contribution >= 0.6 is 11.6 Å². The maximum absolute atomic E-state index is 11.0. The lowest BCUT2D eigenvalue weighted by molar-refractivity contribution is -0.115. The van der Waals surface area contributed by atoms with Gasteiger partial charge in [-0.2, -0.15) is 0 Å². The van der Waals surface area contributed by atoms with Gasteiger partial charge in [-0.1, -0.05) is 6.58 Å². The Hall–Kier alpha value is -0.630. The average Bonchev–Trinajstić information content (AvgIpc) is 1.98. The number of hydrogen-bond donors (Lipinski definition) is 0. The summed E-state index contributed by atoms with van der Waals surface area (Å²) in [5.74, 6) is -0.173. The summed E-state index contributed by atoms with van der Waals surface area (Å²) < 4.78 is 0. The maximum Gasteiger partial charge on any atom is 0.175 e. The summed E-state index contributed by atoms with van der Waals surface area (Å²) >= 11 is 5.64. The van der Waals surface area contributed by atoms with Crippen molar-refractivity contribution in [3.05, 3.63) is 12.2 Å². The van der Waals surface area contributed by atoms with Gasteiger partial charge >= 0.3 is 0 Å². The summed E-state index contributed by atoms with van der Waals surface area (Å²) in [4.78, 5) is 20.9. The molecule has 0 rings (SSSR count). The Bertz CT molecular complexity index is 175. The van der Waals surface area contributed by atoms with E-state index in [2.05, 4.69) is 6.58 Å². The van der Waals surface area contributed by atoms with Gasteiger partial charge in [0.1, 0.15) is 6.29 Å². The fourth-order valence-corrected chi connectivity index (χ4v) is 0.925. The van der Waals surface area contributed by atoms with Crippen molar-refractivity contribution < 1.29 is 9.59 Å². The van der Waals surface area contributed by atoms with E-state index in [1.807, 2.05) is 0 Å². The molecule has 0 fully saturated rings. The molecule has 62 valence electrons. The molecule has 0 aromatic heterocycles. The lowest BCUT2D eigenvalue weighted by Gasteiger charge is -2.04. The van der Waals surface area contributed by atoms with Gasteiger partial charge in [0, 0.05) is 6.42 Å². The molecule has 1 unspecified atom stereocenters. The molecule has 0 aliphatic rings. The first-order chi connectivity index (χ1) is 5.09. The van der Waals surface area contributed by atoms with Crippen molar-refractivity contribution in [3.8, 4) is 0 Å². The molecule has 0 N–H and O–H groups in total. The van der Waals surface area contributed by atoms with E-state index in [1.165, 1.54) is 0 Å². The smallest absolute Gasteiger partial charge is 0.175 e. The Morgan fingerprint density at radius 2 is 2.27 bits per heavy atom. The van der Waals surface area contributed by atoms with Gasteiger partial charge in [-0.15, -0.1) is 11.6 Å². The number of halogens is 1. The SMILES string of the molecule is C=C(C)C(=O)C(Cl)CCC=O. The van der Waals surface area contributed by atoms with Crippen LogP contribution in [-0.4, -0.2) is 17.4 Å². The quantitative estimate of drug-likeness (QED) is 0.361. The Labute approximate surface area is 71.2 Å². The van der Waals surface area contributed by atoms with Crippen LogP contribution in [0.25, 0.3) is 0 Å². The highest BCUT2D eigenvalue weighted by Crippen LogP contribution is 2.09. The molecule has 0 aromatic carbocycles. The van der Waals surface area contributed by atoms with Crippen molar-refractivity contribution in [1.82, 2.24) is 0 Å². The molecule has 0 aliphatic heterocycles. The van der Waals surface area contributed by atoms with Crippen molar-refractivity contribution >= 4 is 23.7 Å². The van der Waals surface area contributed by atoms with Crippen LogP contribution in [0.1, 0.15) is 19.8 Å². The van der Waals surface area contributed by atoms with E-state index >= 15 is 0 Å². The number of aldehydes is 1. The summed E-state index contributed by atoms with van der Waals surface area (Å²) in [6.07, 6.45) is 1.48. The maximum atomic E-state index is 11.0. The Kier molecular flexibility index (Phi) is 4.79. The molecule has 0 radical (unpaired) electrons. The van der Waals surface area contributed by atoms with Crippen molar-refractivity contribution in [2.45, 2.75) is 25.1 Å². The van der Waals surface area contributed by atoms with Crippen LogP contribution in [-0.2, 0) is 9.59 Å². The van der Waals surface area contributed by atoms with Gasteiger partial charge in [0.15, 0.2) is 5.78 Å². The Morgan fingerprint density at radius 3 is 2.64 bits per heavy atom. The lowest BCUT2D eigenvalue weighted by Crippen LogP contribution is -2.14. The van der Waals surface area contributed by atoms with Crippen LogP contribution in [0.15, 0.2) is 12.2 Å². The van der Waals surface area contributed by atoms with Crippen LogP contribution < -0.4 is 0 Å². The Morgan fingerprint density at radius 1 is 1.73 bits per heavy atom. The van der Waals surface area contributed by atoms with Crippen molar-refractivity contribution in [2.75, 3.05) is 0 Å². The van der Waals surface area contributed by atoms with Gasteiger partial charge in [-0.05, 0) is 18.9 Å². The van der Waals surface area contributed by atoms with E-state index in [0.29, 0.717) is 18.4 Å². The standard InChI is InChI=1S/C8H11ClO2/c1-6(2)8(11)7(9)4-3-5-10/h5,7H,1,3-4H2,2H3. The second-order valence-corrected chi connectivity index (χ2v) is 2.88. The Balaban J connectivity index is 3.82. The van der Waals surface area contributed by atoms with E-state index in [4.69, 9.17) is 11.6 Å². The first-order valence-corrected chi connectivity index (χ1v) is 3.80. The van der Waals surface area contributed by atoms with Crippen molar-refractivity contribution in [1.29, 1.82) is 0 Å². The third-order valence-corrected chi connectivity index (χ3v) is 1.66. The summed E-state index contributed by atoms with van der Waals surface area (Å²) in [5, 5.41) is -0.585. The molecule has 0 aromatic rings. The van der Waals surface area contributed by atoms with Gasteiger partial charge in [0.05, 0.1) is 5.38 Å². The number of alkyl halides is 1. The van der Waals surface area contributed by atoms with Crippen molar-refractivity contribution in [2.24, 2.45) is 0 Å². The van der Waals surface area contributed by atoms with Gasteiger partial charge in [-0.25, -0.2) is 0 Å². The summed E-state index contributed by atoms with van der Waals surface area (Å²) in [6.45, 7) is 5.07. The molecular weight excluding hydrogens is 164 g/mol. The molecule has 2 nitrogen and oxygen atoms in total. The predicted molar refractivity (Wildman–Crippen MR) is 44.8 cm³/mol. The molecule has 0 spiro atoms. The molecular formula is C8H11ClO2. The molecule has 0 amide bonds. The first-order valence-electron chi connectivity index (χ1n) is 3.37. The average molecular weight is 175 g/mol. The topological polar surface area (TPSA) is 34.1 Å². The molecule has 11 heavy (non-hydrogen) atoms. The zero-order valence-electron chi connectivity index (χ0n) is 6.47. The lowest BCUT2D eigenvalue weighted by atomic mass is 10.1. The largest absolute Gasteiger partial charge is 0.303 e. The van der Waals surface area contributed by atoms with Crippen LogP contribution in [0.5, 0.6) is 0 Å². The number of carbonyl (C=O) groups is 2. The highest BCUT2D eigenvalue weighted by atomic mass is 35.5. The second kappa shape index (κ2) is 5.08.